The highest BCUT2D eigenvalue weighted by atomic mass is 16.4. The Balaban J connectivity index is 1.85. The van der Waals surface area contributed by atoms with Crippen LogP contribution in [-0.4, -0.2) is 22.6 Å². The highest BCUT2D eigenvalue weighted by Crippen LogP contribution is 2.22. The highest BCUT2D eigenvalue weighted by Gasteiger charge is 2.13. The van der Waals surface area contributed by atoms with Crippen LogP contribution in [0.25, 0.3) is 10.9 Å². The van der Waals surface area contributed by atoms with E-state index in [1.165, 1.54) is 6.42 Å². The Morgan fingerprint density at radius 1 is 1.33 bits per heavy atom. The molecule has 1 aliphatic carbocycles. The molecule has 0 radical (unpaired) electrons. The fraction of sp³-hybridized carbons (Fsp3) is 0.294. The second-order valence-corrected chi connectivity index (χ2v) is 5.41. The third-order valence-corrected chi connectivity index (χ3v) is 3.90. The van der Waals surface area contributed by atoms with Crippen LogP contribution in [0.15, 0.2) is 42.5 Å². The molecule has 1 atom stereocenters. The molecule has 2 aromatic rings. The number of anilines is 1. The summed E-state index contributed by atoms with van der Waals surface area (Å²) in [6.07, 6.45) is 7.80. The molecule has 1 aliphatic rings. The van der Waals surface area contributed by atoms with Gasteiger partial charge in [0.2, 0.25) is 0 Å². The summed E-state index contributed by atoms with van der Waals surface area (Å²) in [4.78, 5) is 15.9. The summed E-state index contributed by atoms with van der Waals surface area (Å²) >= 11 is 0. The zero-order valence-corrected chi connectivity index (χ0v) is 11.7. The molecule has 1 aromatic heterocycles. The number of carboxylic acids is 1. The fourth-order valence-electron chi connectivity index (χ4n) is 2.73. The smallest absolute Gasteiger partial charge is 0.336 e. The molecule has 0 saturated carbocycles. The topological polar surface area (TPSA) is 62.2 Å². The van der Waals surface area contributed by atoms with Crippen molar-refractivity contribution < 1.29 is 9.90 Å². The number of benzene rings is 1. The van der Waals surface area contributed by atoms with Gasteiger partial charge in [-0.3, -0.25) is 0 Å². The van der Waals surface area contributed by atoms with Crippen LogP contribution < -0.4 is 5.32 Å². The third kappa shape index (κ3) is 3.05. The summed E-state index contributed by atoms with van der Waals surface area (Å²) in [5, 5.41) is 13.3. The summed E-state index contributed by atoms with van der Waals surface area (Å²) in [6, 6.07) is 8.97. The number of pyridine rings is 1. The number of aromatic nitrogens is 1. The van der Waals surface area contributed by atoms with E-state index in [0.29, 0.717) is 28.2 Å². The predicted octanol–water partition coefficient (Wildman–Crippen LogP) is 3.70. The van der Waals surface area contributed by atoms with Crippen molar-refractivity contribution in [2.75, 3.05) is 11.9 Å². The summed E-state index contributed by atoms with van der Waals surface area (Å²) in [7, 11) is 0. The molecule has 0 aliphatic heterocycles. The van der Waals surface area contributed by atoms with Crippen molar-refractivity contribution in [2.24, 2.45) is 5.92 Å². The number of rotatable bonds is 4. The molecule has 0 bridgehead atoms. The van der Waals surface area contributed by atoms with Crippen LogP contribution >= 0.6 is 0 Å². The van der Waals surface area contributed by atoms with E-state index in [0.717, 1.165) is 19.4 Å². The van der Waals surface area contributed by atoms with Gasteiger partial charge in [0.25, 0.3) is 0 Å². The molecule has 0 fully saturated rings. The van der Waals surface area contributed by atoms with E-state index in [1.807, 2.05) is 18.2 Å². The zero-order valence-electron chi connectivity index (χ0n) is 11.7. The van der Waals surface area contributed by atoms with Gasteiger partial charge in [0, 0.05) is 11.9 Å². The largest absolute Gasteiger partial charge is 0.478 e. The summed E-state index contributed by atoms with van der Waals surface area (Å²) in [5.74, 6) is 0.314. The molecule has 21 heavy (non-hydrogen) atoms. The molecule has 0 saturated heterocycles. The number of fused-ring (bicyclic) bond motifs is 1. The molecular weight excluding hydrogens is 264 g/mol. The number of carbonyl (C=O) groups is 1. The van der Waals surface area contributed by atoms with Crippen LogP contribution in [0.4, 0.5) is 5.82 Å². The Hall–Kier alpha value is -2.36. The van der Waals surface area contributed by atoms with Crippen molar-refractivity contribution >= 4 is 22.7 Å². The Kier molecular flexibility index (Phi) is 3.86. The number of hydrogen-bond acceptors (Lipinski definition) is 3. The molecule has 2 N–H and O–H groups in total. The minimum absolute atomic E-state index is 0.298. The third-order valence-electron chi connectivity index (χ3n) is 3.90. The van der Waals surface area contributed by atoms with Crippen molar-refractivity contribution in [1.29, 1.82) is 0 Å². The number of hydrogen-bond donors (Lipinski definition) is 2. The summed E-state index contributed by atoms with van der Waals surface area (Å²) < 4.78 is 0. The number of allylic oxidation sites excluding steroid dienone is 2. The Morgan fingerprint density at radius 2 is 2.19 bits per heavy atom. The standard InChI is InChI=1S/C17H18N2O2/c20-17(21)14-10-16(18-11-12-6-2-1-3-7-12)19-15-9-5-4-8-13(14)15/h1-2,4-5,8-10,12H,3,6-7,11H2,(H,18,19)(H,20,21). The monoisotopic (exact) mass is 282 g/mol. The van der Waals surface area contributed by atoms with E-state index in [-0.39, 0.29) is 0 Å². The molecule has 4 nitrogen and oxygen atoms in total. The lowest BCUT2D eigenvalue weighted by molar-refractivity contribution is 0.0699. The fourth-order valence-corrected chi connectivity index (χ4v) is 2.73. The van der Waals surface area contributed by atoms with Crippen molar-refractivity contribution in [1.82, 2.24) is 4.98 Å². The van der Waals surface area contributed by atoms with Crippen LogP contribution in [0.2, 0.25) is 0 Å². The minimum atomic E-state index is -0.919. The first-order chi connectivity index (χ1) is 10.2. The second kappa shape index (κ2) is 5.95. The van der Waals surface area contributed by atoms with Crippen LogP contribution in [0, 0.1) is 5.92 Å². The van der Waals surface area contributed by atoms with Gasteiger partial charge in [-0.2, -0.15) is 0 Å². The van der Waals surface area contributed by atoms with E-state index in [1.54, 1.807) is 12.1 Å². The molecule has 1 heterocycles. The first-order valence-corrected chi connectivity index (χ1v) is 7.26. The van der Waals surface area contributed by atoms with Crippen molar-refractivity contribution in [2.45, 2.75) is 19.3 Å². The summed E-state index contributed by atoms with van der Waals surface area (Å²) in [5.41, 5.74) is 1.01. The van der Waals surface area contributed by atoms with Crippen LogP contribution in [0.3, 0.4) is 0 Å². The van der Waals surface area contributed by atoms with Crippen molar-refractivity contribution in [3.05, 3.63) is 48.0 Å². The Labute approximate surface area is 123 Å². The summed E-state index contributed by atoms with van der Waals surface area (Å²) in [6.45, 7) is 0.828. The lowest BCUT2D eigenvalue weighted by atomic mass is 9.94. The van der Waals surface area contributed by atoms with Gasteiger partial charge in [0.1, 0.15) is 5.82 Å². The molecule has 1 aromatic carbocycles. The number of aromatic carboxylic acids is 1. The average molecular weight is 282 g/mol. The number of para-hydroxylation sites is 1. The molecule has 3 rings (SSSR count). The van der Waals surface area contributed by atoms with Gasteiger partial charge in [0.05, 0.1) is 11.1 Å². The maximum absolute atomic E-state index is 11.4. The number of nitrogens with zero attached hydrogens (tertiary/aromatic N) is 1. The average Bonchev–Trinajstić information content (AvgIpc) is 2.53. The lowest BCUT2D eigenvalue weighted by Crippen LogP contribution is -2.16. The number of nitrogens with one attached hydrogen (secondary N) is 1. The van der Waals surface area contributed by atoms with Gasteiger partial charge in [0.15, 0.2) is 0 Å². The number of carboxylic acid groups (broad SMARTS) is 1. The molecular formula is C17H18N2O2. The maximum atomic E-state index is 11.4. The SMILES string of the molecule is O=C(O)c1cc(NCC2CC=CCC2)nc2ccccc12. The van der Waals surface area contributed by atoms with E-state index < -0.39 is 5.97 Å². The Bertz CT molecular complexity index is 694. The van der Waals surface area contributed by atoms with Crippen LogP contribution in [0.1, 0.15) is 29.6 Å². The molecule has 4 heteroatoms. The first-order valence-electron chi connectivity index (χ1n) is 7.26. The van der Waals surface area contributed by atoms with Gasteiger partial charge >= 0.3 is 5.97 Å². The first kappa shape index (κ1) is 13.6. The zero-order chi connectivity index (χ0) is 14.7. The van der Waals surface area contributed by atoms with E-state index in [9.17, 15) is 9.90 Å². The van der Waals surface area contributed by atoms with E-state index in [2.05, 4.69) is 22.5 Å². The normalized spacial score (nSPS) is 17.8. The van der Waals surface area contributed by atoms with Crippen molar-refractivity contribution in [3.63, 3.8) is 0 Å². The second-order valence-electron chi connectivity index (χ2n) is 5.41. The molecule has 0 spiro atoms. The predicted molar refractivity (Wildman–Crippen MR) is 83.7 cm³/mol. The molecule has 1 unspecified atom stereocenters. The van der Waals surface area contributed by atoms with E-state index in [4.69, 9.17) is 0 Å². The lowest BCUT2D eigenvalue weighted by Gasteiger charge is -2.18. The van der Waals surface area contributed by atoms with Gasteiger partial charge in [-0.15, -0.1) is 0 Å². The van der Waals surface area contributed by atoms with Crippen molar-refractivity contribution in [3.8, 4) is 0 Å². The maximum Gasteiger partial charge on any atom is 0.336 e. The highest BCUT2D eigenvalue weighted by molar-refractivity contribution is 6.03. The Morgan fingerprint density at radius 3 is 2.95 bits per heavy atom. The van der Waals surface area contributed by atoms with Gasteiger partial charge in [-0.05, 0) is 37.3 Å². The minimum Gasteiger partial charge on any atom is -0.478 e. The van der Waals surface area contributed by atoms with Crippen LogP contribution in [-0.2, 0) is 0 Å². The van der Waals surface area contributed by atoms with E-state index >= 15 is 0 Å². The molecule has 108 valence electrons. The van der Waals surface area contributed by atoms with Gasteiger partial charge < -0.3 is 10.4 Å². The van der Waals surface area contributed by atoms with Crippen LogP contribution in [0.5, 0.6) is 0 Å². The quantitative estimate of drug-likeness (QED) is 0.839. The van der Waals surface area contributed by atoms with Gasteiger partial charge in [-0.25, -0.2) is 9.78 Å². The van der Waals surface area contributed by atoms with Gasteiger partial charge in [-0.1, -0.05) is 30.4 Å². The molecule has 0 amide bonds.